The minimum Gasteiger partial charge on any atom is -0.480 e. The highest BCUT2D eigenvalue weighted by Crippen LogP contribution is 2.34. The van der Waals surface area contributed by atoms with E-state index < -0.39 is 29.5 Å². The Kier molecular flexibility index (Phi) is 7.87. The van der Waals surface area contributed by atoms with Gasteiger partial charge in [-0.2, -0.15) is 0 Å². The molecule has 8 heteroatoms. The molecule has 3 aromatic rings. The first-order chi connectivity index (χ1) is 17.3. The molecule has 0 spiro atoms. The van der Waals surface area contributed by atoms with Crippen molar-refractivity contribution < 1.29 is 23.9 Å². The molecule has 1 fully saturated rings. The molecule has 36 heavy (non-hydrogen) atoms. The molecule has 1 atom stereocenters. The Bertz CT molecular complexity index is 1380. The Balaban J connectivity index is 1.47. The number of benzene rings is 3. The summed E-state index contributed by atoms with van der Waals surface area (Å²) in [6.07, 6.45) is 4.68. The monoisotopic (exact) mass is 517 g/mol. The van der Waals surface area contributed by atoms with Crippen molar-refractivity contribution in [2.75, 3.05) is 0 Å². The fourth-order valence-corrected chi connectivity index (χ4v) is 5.01. The summed E-state index contributed by atoms with van der Waals surface area (Å²) in [4.78, 5) is 38.7. The Morgan fingerprint density at radius 3 is 2.28 bits per heavy atom. The smallest absolute Gasteiger partial charge is 0.327 e. The van der Waals surface area contributed by atoms with Crippen LogP contribution < -0.4 is 0 Å². The van der Waals surface area contributed by atoms with Crippen molar-refractivity contribution in [3.63, 3.8) is 0 Å². The quantitative estimate of drug-likeness (QED) is 0.238. The normalized spacial score (nSPS) is 15.6. The second kappa shape index (κ2) is 11.2. The molecule has 0 saturated carbocycles. The third kappa shape index (κ3) is 5.84. The van der Waals surface area contributed by atoms with Gasteiger partial charge in [-0.05, 0) is 41.0 Å². The van der Waals surface area contributed by atoms with Crippen molar-refractivity contribution in [3.05, 3.63) is 118 Å². The fraction of sp³-hybridized carbons (Fsp3) is 0.0714. The lowest BCUT2D eigenvalue weighted by molar-refractivity contribution is -0.145. The van der Waals surface area contributed by atoms with Gasteiger partial charge in [0.1, 0.15) is 16.2 Å². The van der Waals surface area contributed by atoms with Crippen LogP contribution in [0.1, 0.15) is 27.0 Å². The third-order valence-corrected chi connectivity index (χ3v) is 6.82. The average molecular weight is 518 g/mol. The number of carbonyl (C=O) groups is 3. The number of ketones is 1. The highest BCUT2D eigenvalue weighted by atomic mass is 32.2. The van der Waals surface area contributed by atoms with Crippen LogP contribution in [0.25, 0.3) is 12.2 Å². The van der Waals surface area contributed by atoms with E-state index in [2.05, 4.69) is 0 Å². The molecule has 1 N–H and O–H groups in total. The number of rotatable bonds is 8. The van der Waals surface area contributed by atoms with Gasteiger partial charge >= 0.3 is 5.97 Å². The number of carboxylic acids is 1. The second-order valence-corrected chi connectivity index (χ2v) is 9.62. The van der Waals surface area contributed by atoms with Crippen molar-refractivity contribution in [3.8, 4) is 0 Å². The molecular weight excluding hydrogens is 497 g/mol. The number of allylic oxidation sites excluding steroid dienone is 1. The summed E-state index contributed by atoms with van der Waals surface area (Å²) >= 11 is 6.41. The number of halogens is 1. The van der Waals surface area contributed by atoms with Crippen molar-refractivity contribution >= 4 is 58.1 Å². The molecule has 5 nitrogen and oxygen atoms in total. The summed E-state index contributed by atoms with van der Waals surface area (Å²) in [5, 5.41) is 9.78. The molecular formula is C28H20FNO4S2. The molecule has 1 saturated heterocycles. The summed E-state index contributed by atoms with van der Waals surface area (Å²) in [6.45, 7) is 0. The van der Waals surface area contributed by atoms with E-state index in [0.29, 0.717) is 10.5 Å². The Morgan fingerprint density at radius 2 is 1.61 bits per heavy atom. The van der Waals surface area contributed by atoms with Crippen LogP contribution in [0.2, 0.25) is 0 Å². The number of hydrogen-bond acceptors (Lipinski definition) is 5. The number of hydrogen-bond donors (Lipinski definition) is 1. The summed E-state index contributed by atoms with van der Waals surface area (Å²) in [7, 11) is 0. The summed E-state index contributed by atoms with van der Waals surface area (Å²) in [6, 6.07) is 20.8. The van der Waals surface area contributed by atoms with E-state index >= 15 is 0 Å². The maximum Gasteiger partial charge on any atom is 0.327 e. The van der Waals surface area contributed by atoms with Gasteiger partial charge < -0.3 is 5.11 Å². The number of amides is 1. The number of aliphatic carboxylic acids is 1. The van der Waals surface area contributed by atoms with Crippen LogP contribution in [-0.4, -0.2) is 38.0 Å². The van der Waals surface area contributed by atoms with Crippen LogP contribution in [0.4, 0.5) is 4.39 Å². The number of nitrogens with zero attached hydrogens (tertiary/aromatic N) is 1. The molecule has 0 aliphatic carbocycles. The molecule has 0 radical (unpaired) electrons. The lowest BCUT2D eigenvalue weighted by Crippen LogP contribution is -2.45. The van der Waals surface area contributed by atoms with Gasteiger partial charge in [0.05, 0.1) is 10.5 Å². The molecule has 4 rings (SSSR count). The fourth-order valence-electron chi connectivity index (χ4n) is 3.65. The van der Waals surface area contributed by atoms with Gasteiger partial charge in [-0.3, -0.25) is 14.5 Å². The predicted octanol–water partition coefficient (Wildman–Crippen LogP) is 5.62. The molecule has 1 aliphatic rings. The Labute approximate surface area is 216 Å². The van der Waals surface area contributed by atoms with Gasteiger partial charge in [-0.1, -0.05) is 96.8 Å². The molecule has 3 aromatic carbocycles. The van der Waals surface area contributed by atoms with Crippen molar-refractivity contribution in [2.24, 2.45) is 0 Å². The van der Waals surface area contributed by atoms with E-state index in [0.717, 1.165) is 27.8 Å². The second-order valence-electron chi connectivity index (χ2n) is 7.94. The first-order valence-corrected chi connectivity index (χ1v) is 12.2. The van der Waals surface area contributed by atoms with Gasteiger partial charge in [0.2, 0.25) is 0 Å². The lowest BCUT2D eigenvalue weighted by atomic mass is 10.0. The molecule has 0 bridgehead atoms. The summed E-state index contributed by atoms with van der Waals surface area (Å²) < 4.78 is 14.0. The van der Waals surface area contributed by atoms with E-state index in [1.807, 2.05) is 30.3 Å². The Morgan fingerprint density at radius 1 is 0.972 bits per heavy atom. The third-order valence-electron chi connectivity index (χ3n) is 5.49. The molecule has 1 heterocycles. The largest absolute Gasteiger partial charge is 0.480 e. The molecule has 180 valence electrons. The van der Waals surface area contributed by atoms with E-state index in [-0.39, 0.29) is 16.3 Å². The van der Waals surface area contributed by atoms with E-state index in [9.17, 15) is 23.9 Å². The van der Waals surface area contributed by atoms with Crippen LogP contribution in [0.3, 0.4) is 0 Å². The zero-order chi connectivity index (χ0) is 25.7. The molecule has 1 unspecified atom stereocenters. The van der Waals surface area contributed by atoms with Crippen LogP contribution in [0.15, 0.2) is 89.8 Å². The molecule has 1 amide bonds. The van der Waals surface area contributed by atoms with Crippen molar-refractivity contribution in [2.45, 2.75) is 12.5 Å². The van der Waals surface area contributed by atoms with Gasteiger partial charge in [0.15, 0.2) is 5.78 Å². The van der Waals surface area contributed by atoms with Crippen LogP contribution in [0.5, 0.6) is 0 Å². The first kappa shape index (κ1) is 25.2. The summed E-state index contributed by atoms with van der Waals surface area (Å²) in [5.41, 5.74) is 2.22. The predicted molar refractivity (Wildman–Crippen MR) is 143 cm³/mol. The van der Waals surface area contributed by atoms with Gasteiger partial charge in [-0.15, -0.1) is 0 Å². The molecule has 0 aromatic heterocycles. The first-order valence-electron chi connectivity index (χ1n) is 10.9. The molecule has 1 aliphatic heterocycles. The van der Waals surface area contributed by atoms with Crippen LogP contribution in [0, 0.1) is 5.82 Å². The number of thioether (sulfide) groups is 1. The van der Waals surface area contributed by atoms with E-state index in [1.165, 1.54) is 24.3 Å². The van der Waals surface area contributed by atoms with Crippen LogP contribution in [-0.2, 0) is 16.0 Å². The standard InChI is InChI=1S/C28H20FNO4S2/c29-22-9-5-4-8-21(22)24(31)15-14-18-10-12-20(13-11-18)17-25-26(32)30(28(35)36-25)23(27(33)34)16-19-6-2-1-3-7-19/h1-15,17,23H,16H2,(H,33,34)/b15-14+,25-17-. The van der Waals surface area contributed by atoms with Crippen molar-refractivity contribution in [1.82, 2.24) is 4.90 Å². The number of thiocarbonyl (C=S) groups is 1. The minimum absolute atomic E-state index is 0.000624. The van der Waals surface area contributed by atoms with E-state index in [1.54, 1.807) is 42.5 Å². The van der Waals surface area contributed by atoms with Gasteiger partial charge in [-0.25, -0.2) is 9.18 Å². The van der Waals surface area contributed by atoms with Gasteiger partial charge in [0.25, 0.3) is 5.91 Å². The zero-order valence-electron chi connectivity index (χ0n) is 18.8. The lowest BCUT2D eigenvalue weighted by Gasteiger charge is -2.23. The van der Waals surface area contributed by atoms with Gasteiger partial charge in [0, 0.05) is 6.42 Å². The summed E-state index contributed by atoms with van der Waals surface area (Å²) in [5.74, 6) is -2.59. The maximum absolute atomic E-state index is 13.8. The van der Waals surface area contributed by atoms with E-state index in [4.69, 9.17) is 12.2 Å². The number of carbonyl (C=O) groups excluding carboxylic acids is 2. The van der Waals surface area contributed by atoms with Crippen LogP contribution >= 0.6 is 24.0 Å². The highest BCUT2D eigenvalue weighted by Gasteiger charge is 2.40. The minimum atomic E-state index is -1.13. The maximum atomic E-state index is 13.8. The van der Waals surface area contributed by atoms with Crippen molar-refractivity contribution in [1.29, 1.82) is 0 Å². The topological polar surface area (TPSA) is 74.7 Å². The zero-order valence-corrected chi connectivity index (χ0v) is 20.5. The SMILES string of the molecule is O=C(/C=C/c1ccc(/C=C2\SC(=S)N(C(Cc3ccccc3)C(=O)O)C2=O)cc1)c1ccccc1F. The Hall–Kier alpha value is -3.88. The highest BCUT2D eigenvalue weighted by molar-refractivity contribution is 8.26. The number of carboxylic acid groups (broad SMARTS) is 1. The average Bonchev–Trinajstić information content (AvgIpc) is 3.15.